The molecular weight excluding hydrogens is 271 g/mol. The second-order valence-electron chi connectivity index (χ2n) is 5.31. The molecular formula is C15H19FN4O. The number of carbonyl (C=O) groups excluding carboxylic acids is 1. The maximum Gasteiger partial charge on any atom is 0.290 e. The molecule has 2 rings (SSSR count). The van der Waals surface area contributed by atoms with Crippen LogP contribution in [0.2, 0.25) is 0 Å². The van der Waals surface area contributed by atoms with E-state index in [9.17, 15) is 9.18 Å². The maximum absolute atomic E-state index is 12.9. The molecule has 6 heteroatoms. The number of amides is 1. The van der Waals surface area contributed by atoms with Gasteiger partial charge in [0.2, 0.25) is 5.82 Å². The monoisotopic (exact) mass is 290 g/mol. The van der Waals surface area contributed by atoms with E-state index >= 15 is 0 Å². The van der Waals surface area contributed by atoms with E-state index in [0.717, 1.165) is 6.42 Å². The molecule has 21 heavy (non-hydrogen) atoms. The highest BCUT2D eigenvalue weighted by atomic mass is 19.1. The smallest absolute Gasteiger partial charge is 0.290 e. The van der Waals surface area contributed by atoms with Crippen molar-refractivity contribution in [2.75, 3.05) is 6.54 Å². The van der Waals surface area contributed by atoms with Crippen molar-refractivity contribution in [1.29, 1.82) is 0 Å². The van der Waals surface area contributed by atoms with Gasteiger partial charge in [-0.05, 0) is 43.5 Å². The number of aromatic nitrogens is 3. The minimum Gasteiger partial charge on any atom is -0.349 e. The molecule has 0 aliphatic heterocycles. The van der Waals surface area contributed by atoms with E-state index in [4.69, 9.17) is 0 Å². The molecule has 2 aromatic rings. The van der Waals surface area contributed by atoms with Gasteiger partial charge in [0.1, 0.15) is 11.6 Å². The molecule has 0 aliphatic carbocycles. The Labute approximate surface area is 123 Å². The molecule has 0 saturated heterocycles. The summed E-state index contributed by atoms with van der Waals surface area (Å²) in [5.41, 5.74) is 0.669. The third-order valence-corrected chi connectivity index (χ3v) is 3.05. The summed E-state index contributed by atoms with van der Waals surface area (Å²) in [4.78, 5) is 16.1. The number of carbonyl (C=O) groups is 1. The number of nitrogens with one attached hydrogen (secondary N) is 1. The molecule has 0 fully saturated rings. The van der Waals surface area contributed by atoms with Crippen molar-refractivity contribution < 1.29 is 9.18 Å². The topological polar surface area (TPSA) is 59.8 Å². The fraction of sp³-hybridized carbons (Fsp3) is 0.400. The molecule has 1 N–H and O–H groups in total. The van der Waals surface area contributed by atoms with Crippen LogP contribution in [0.3, 0.4) is 0 Å². The van der Waals surface area contributed by atoms with Crippen LogP contribution in [0.1, 0.15) is 36.7 Å². The zero-order chi connectivity index (χ0) is 15.4. The molecule has 112 valence electrons. The van der Waals surface area contributed by atoms with E-state index < -0.39 is 0 Å². The van der Waals surface area contributed by atoms with Crippen LogP contribution in [0.4, 0.5) is 4.39 Å². The Morgan fingerprint density at radius 2 is 2.00 bits per heavy atom. The summed E-state index contributed by atoms with van der Waals surface area (Å²) in [7, 11) is 0. The molecule has 0 unspecified atom stereocenters. The van der Waals surface area contributed by atoms with Crippen LogP contribution in [0.5, 0.6) is 0 Å². The number of hydrogen-bond donors (Lipinski definition) is 1. The van der Waals surface area contributed by atoms with Gasteiger partial charge in [0, 0.05) is 6.54 Å². The van der Waals surface area contributed by atoms with Crippen LogP contribution < -0.4 is 5.32 Å². The lowest BCUT2D eigenvalue weighted by atomic mass is 10.1. The number of benzene rings is 1. The molecule has 0 spiro atoms. The van der Waals surface area contributed by atoms with Gasteiger partial charge in [-0.25, -0.2) is 14.1 Å². The van der Waals surface area contributed by atoms with Crippen molar-refractivity contribution in [2.24, 2.45) is 5.92 Å². The second kappa shape index (κ2) is 6.47. The lowest BCUT2D eigenvalue weighted by molar-refractivity contribution is 0.0941. The minimum atomic E-state index is -0.317. The fourth-order valence-corrected chi connectivity index (χ4v) is 1.87. The van der Waals surface area contributed by atoms with E-state index in [1.54, 1.807) is 19.1 Å². The molecule has 0 saturated carbocycles. The van der Waals surface area contributed by atoms with Gasteiger partial charge in [-0.15, -0.1) is 5.10 Å². The van der Waals surface area contributed by atoms with Crippen molar-refractivity contribution in [3.05, 3.63) is 41.7 Å². The van der Waals surface area contributed by atoms with Gasteiger partial charge in [0.05, 0.1) is 5.69 Å². The summed E-state index contributed by atoms with van der Waals surface area (Å²) < 4.78 is 14.5. The van der Waals surface area contributed by atoms with Crippen LogP contribution >= 0.6 is 0 Å². The van der Waals surface area contributed by atoms with Crippen molar-refractivity contribution >= 4 is 5.91 Å². The van der Waals surface area contributed by atoms with Crippen molar-refractivity contribution in [3.63, 3.8) is 0 Å². The predicted molar refractivity (Wildman–Crippen MR) is 77.8 cm³/mol. The van der Waals surface area contributed by atoms with E-state index in [2.05, 4.69) is 29.2 Å². The third-order valence-electron chi connectivity index (χ3n) is 3.05. The summed E-state index contributed by atoms with van der Waals surface area (Å²) >= 11 is 0. The van der Waals surface area contributed by atoms with Crippen LogP contribution in [0.15, 0.2) is 24.3 Å². The van der Waals surface area contributed by atoms with Gasteiger partial charge in [0.15, 0.2) is 0 Å². The first kappa shape index (κ1) is 15.2. The Kier molecular flexibility index (Phi) is 4.67. The second-order valence-corrected chi connectivity index (χ2v) is 5.31. The largest absolute Gasteiger partial charge is 0.349 e. The number of rotatable bonds is 5. The quantitative estimate of drug-likeness (QED) is 0.920. The minimum absolute atomic E-state index is 0.126. The van der Waals surface area contributed by atoms with Crippen LogP contribution in [-0.2, 0) is 0 Å². The molecule has 0 aliphatic rings. The Hall–Kier alpha value is -2.24. The van der Waals surface area contributed by atoms with Crippen LogP contribution in [-0.4, -0.2) is 27.2 Å². The summed E-state index contributed by atoms with van der Waals surface area (Å²) in [5.74, 6) is 0.621. The standard InChI is InChI=1S/C15H19FN4O/c1-10(2)8-9-17-15(21)14-18-11(3)20(19-14)13-6-4-12(16)5-7-13/h4-7,10H,8-9H2,1-3H3,(H,17,21). The van der Waals surface area contributed by atoms with Gasteiger partial charge in [-0.3, -0.25) is 4.79 Å². The highest BCUT2D eigenvalue weighted by molar-refractivity contribution is 5.90. The summed E-state index contributed by atoms with van der Waals surface area (Å²) in [6.07, 6.45) is 0.906. The normalized spacial score (nSPS) is 10.9. The van der Waals surface area contributed by atoms with Crippen molar-refractivity contribution in [3.8, 4) is 5.69 Å². The molecule has 5 nitrogen and oxygen atoms in total. The average Bonchev–Trinajstić information content (AvgIpc) is 2.81. The first-order valence-electron chi connectivity index (χ1n) is 6.95. The summed E-state index contributed by atoms with van der Waals surface area (Å²) in [6.45, 7) is 6.54. The highest BCUT2D eigenvalue weighted by Gasteiger charge is 2.14. The molecule has 0 atom stereocenters. The van der Waals surface area contributed by atoms with Crippen LogP contribution in [0, 0.1) is 18.7 Å². The van der Waals surface area contributed by atoms with Gasteiger partial charge in [-0.1, -0.05) is 13.8 Å². The Morgan fingerprint density at radius 3 is 2.62 bits per heavy atom. The van der Waals surface area contributed by atoms with Crippen molar-refractivity contribution in [1.82, 2.24) is 20.1 Å². The summed E-state index contributed by atoms with van der Waals surface area (Å²) in [6, 6.07) is 5.88. The SMILES string of the molecule is Cc1nc(C(=O)NCCC(C)C)nn1-c1ccc(F)cc1. The molecule has 1 heterocycles. The molecule has 1 amide bonds. The van der Waals surface area contributed by atoms with Gasteiger partial charge >= 0.3 is 0 Å². The highest BCUT2D eigenvalue weighted by Crippen LogP contribution is 2.10. The summed E-state index contributed by atoms with van der Waals surface area (Å²) in [5, 5.41) is 6.97. The maximum atomic E-state index is 12.9. The fourth-order valence-electron chi connectivity index (χ4n) is 1.87. The Balaban J connectivity index is 2.11. The van der Waals surface area contributed by atoms with E-state index in [1.807, 2.05) is 0 Å². The van der Waals surface area contributed by atoms with E-state index in [-0.39, 0.29) is 17.5 Å². The zero-order valence-electron chi connectivity index (χ0n) is 12.4. The predicted octanol–water partition coefficient (Wildman–Crippen LogP) is 2.49. The molecule has 1 aromatic carbocycles. The van der Waals surface area contributed by atoms with Gasteiger partial charge in [-0.2, -0.15) is 0 Å². The first-order valence-corrected chi connectivity index (χ1v) is 6.95. The first-order chi connectivity index (χ1) is 9.97. The molecule has 1 aromatic heterocycles. The Morgan fingerprint density at radius 1 is 1.33 bits per heavy atom. The van der Waals surface area contributed by atoms with Crippen molar-refractivity contribution in [2.45, 2.75) is 27.2 Å². The number of hydrogen-bond acceptors (Lipinski definition) is 3. The van der Waals surface area contributed by atoms with Crippen LogP contribution in [0.25, 0.3) is 5.69 Å². The van der Waals surface area contributed by atoms with E-state index in [0.29, 0.717) is 24.0 Å². The van der Waals surface area contributed by atoms with E-state index in [1.165, 1.54) is 16.8 Å². The zero-order valence-corrected chi connectivity index (χ0v) is 12.4. The number of halogens is 1. The van der Waals surface area contributed by atoms with Gasteiger partial charge in [0.25, 0.3) is 5.91 Å². The number of aryl methyl sites for hydroxylation is 1. The lowest BCUT2D eigenvalue weighted by Gasteiger charge is -2.04. The molecule has 0 radical (unpaired) electrons. The van der Waals surface area contributed by atoms with Gasteiger partial charge < -0.3 is 5.32 Å². The number of nitrogens with zero attached hydrogens (tertiary/aromatic N) is 3. The molecule has 0 bridgehead atoms. The Bertz CT molecular complexity index is 619. The third kappa shape index (κ3) is 3.87. The average molecular weight is 290 g/mol. The lowest BCUT2D eigenvalue weighted by Crippen LogP contribution is -2.26.